The standard InChI is InChI=1S/C13H16N4O2/c1-17(8-11(18)19-2)12(13-14-9-15-16-13)10-6-4-3-5-7-10/h3-7,9,12H,8H2,1-2H3,(H,14,15,16)/t12-/m1/s1. The molecular formula is C13H16N4O2. The lowest BCUT2D eigenvalue weighted by atomic mass is 10.1. The molecule has 1 atom stereocenters. The Hall–Kier alpha value is -2.21. The summed E-state index contributed by atoms with van der Waals surface area (Å²) in [4.78, 5) is 17.5. The monoisotopic (exact) mass is 260 g/mol. The highest BCUT2D eigenvalue weighted by Crippen LogP contribution is 2.24. The van der Waals surface area contributed by atoms with Crippen molar-refractivity contribution in [2.24, 2.45) is 0 Å². The highest BCUT2D eigenvalue weighted by molar-refractivity contribution is 5.71. The molecule has 100 valence electrons. The van der Waals surface area contributed by atoms with Crippen LogP contribution in [0.15, 0.2) is 36.7 Å². The van der Waals surface area contributed by atoms with E-state index in [0.29, 0.717) is 5.82 Å². The summed E-state index contributed by atoms with van der Waals surface area (Å²) in [6, 6.07) is 9.65. The first-order valence-electron chi connectivity index (χ1n) is 5.89. The molecule has 0 spiro atoms. The van der Waals surface area contributed by atoms with Gasteiger partial charge in [0.05, 0.1) is 19.7 Å². The number of hydrogen-bond donors (Lipinski definition) is 1. The Morgan fingerprint density at radius 2 is 2.16 bits per heavy atom. The highest BCUT2D eigenvalue weighted by atomic mass is 16.5. The molecule has 0 saturated heterocycles. The Bertz CT molecular complexity index is 513. The number of methoxy groups -OCH3 is 1. The summed E-state index contributed by atoms with van der Waals surface area (Å²) < 4.78 is 4.70. The summed E-state index contributed by atoms with van der Waals surface area (Å²) in [6.45, 7) is 0.177. The van der Waals surface area contributed by atoms with Gasteiger partial charge in [-0.3, -0.25) is 14.8 Å². The van der Waals surface area contributed by atoms with Crippen molar-refractivity contribution in [3.8, 4) is 0 Å². The van der Waals surface area contributed by atoms with Gasteiger partial charge in [0, 0.05) is 0 Å². The van der Waals surface area contributed by atoms with Gasteiger partial charge in [-0.05, 0) is 12.6 Å². The van der Waals surface area contributed by atoms with E-state index in [4.69, 9.17) is 4.74 Å². The number of H-pyrrole nitrogens is 1. The second-order valence-electron chi connectivity index (χ2n) is 4.18. The average molecular weight is 260 g/mol. The Balaban J connectivity index is 2.28. The van der Waals surface area contributed by atoms with Gasteiger partial charge in [-0.2, -0.15) is 5.10 Å². The normalized spacial score (nSPS) is 12.4. The molecule has 0 saturated carbocycles. The van der Waals surface area contributed by atoms with Crippen molar-refractivity contribution in [2.75, 3.05) is 20.7 Å². The second kappa shape index (κ2) is 6.10. The lowest BCUT2D eigenvalue weighted by Crippen LogP contribution is -2.32. The minimum Gasteiger partial charge on any atom is -0.468 e. The molecule has 0 bridgehead atoms. The van der Waals surface area contributed by atoms with Gasteiger partial charge in [0.1, 0.15) is 12.2 Å². The number of carbonyl (C=O) groups is 1. The molecule has 0 aliphatic rings. The topological polar surface area (TPSA) is 71.1 Å². The zero-order valence-corrected chi connectivity index (χ0v) is 10.9. The van der Waals surface area contributed by atoms with E-state index in [-0.39, 0.29) is 18.6 Å². The molecule has 6 nitrogen and oxygen atoms in total. The predicted molar refractivity (Wildman–Crippen MR) is 69.3 cm³/mol. The SMILES string of the molecule is COC(=O)CN(C)[C@H](c1ccccc1)c1ncn[nH]1. The van der Waals surface area contributed by atoms with Crippen molar-refractivity contribution in [3.63, 3.8) is 0 Å². The van der Waals surface area contributed by atoms with Gasteiger partial charge in [-0.15, -0.1) is 0 Å². The van der Waals surface area contributed by atoms with Gasteiger partial charge in [-0.1, -0.05) is 30.3 Å². The summed E-state index contributed by atoms with van der Waals surface area (Å²) in [5.41, 5.74) is 1.03. The van der Waals surface area contributed by atoms with Crippen LogP contribution in [0.1, 0.15) is 17.4 Å². The van der Waals surface area contributed by atoms with Crippen LogP contribution in [0.3, 0.4) is 0 Å². The number of likely N-dealkylation sites (N-methyl/N-ethyl adjacent to an activating group) is 1. The van der Waals surface area contributed by atoms with Gasteiger partial charge in [0.2, 0.25) is 0 Å². The number of ether oxygens (including phenoxy) is 1. The molecule has 0 fully saturated rings. The molecule has 1 aromatic carbocycles. The molecule has 19 heavy (non-hydrogen) atoms. The molecule has 1 aromatic heterocycles. The number of rotatable bonds is 5. The van der Waals surface area contributed by atoms with E-state index < -0.39 is 0 Å². The van der Waals surface area contributed by atoms with Gasteiger partial charge < -0.3 is 4.74 Å². The van der Waals surface area contributed by atoms with E-state index in [1.807, 2.05) is 42.3 Å². The molecular weight excluding hydrogens is 244 g/mol. The van der Waals surface area contributed by atoms with E-state index in [2.05, 4.69) is 15.2 Å². The van der Waals surface area contributed by atoms with Crippen LogP contribution >= 0.6 is 0 Å². The van der Waals surface area contributed by atoms with Crippen LogP contribution in [0.2, 0.25) is 0 Å². The summed E-state index contributed by atoms with van der Waals surface area (Å²) in [7, 11) is 3.22. The van der Waals surface area contributed by atoms with Crippen LogP contribution in [0.25, 0.3) is 0 Å². The minimum absolute atomic E-state index is 0.164. The number of carbonyl (C=O) groups excluding carboxylic acids is 1. The lowest BCUT2D eigenvalue weighted by Gasteiger charge is -2.25. The first-order valence-corrected chi connectivity index (χ1v) is 5.89. The third kappa shape index (κ3) is 3.17. The van der Waals surface area contributed by atoms with Crippen LogP contribution in [0, 0.1) is 0 Å². The number of aromatic amines is 1. The van der Waals surface area contributed by atoms with Crippen molar-refractivity contribution in [1.82, 2.24) is 20.1 Å². The molecule has 0 amide bonds. The molecule has 0 aliphatic heterocycles. The van der Waals surface area contributed by atoms with Crippen LogP contribution in [-0.4, -0.2) is 46.8 Å². The number of nitrogens with one attached hydrogen (secondary N) is 1. The fraction of sp³-hybridized carbons (Fsp3) is 0.308. The Morgan fingerprint density at radius 3 is 2.74 bits per heavy atom. The molecule has 2 rings (SSSR count). The Kier molecular flexibility index (Phi) is 4.25. The zero-order chi connectivity index (χ0) is 13.7. The molecule has 2 aromatic rings. The van der Waals surface area contributed by atoms with E-state index in [1.54, 1.807) is 0 Å². The molecule has 0 aliphatic carbocycles. The van der Waals surface area contributed by atoms with E-state index in [9.17, 15) is 4.79 Å². The van der Waals surface area contributed by atoms with Gasteiger partial charge in [0.25, 0.3) is 0 Å². The molecule has 6 heteroatoms. The quantitative estimate of drug-likeness (QED) is 0.812. The Labute approximate surface area is 111 Å². The molecule has 1 heterocycles. The molecule has 0 radical (unpaired) electrons. The second-order valence-corrected chi connectivity index (χ2v) is 4.18. The maximum atomic E-state index is 11.4. The van der Waals surface area contributed by atoms with Crippen molar-refractivity contribution in [3.05, 3.63) is 48.0 Å². The maximum absolute atomic E-state index is 11.4. The van der Waals surface area contributed by atoms with Crippen LogP contribution in [-0.2, 0) is 9.53 Å². The predicted octanol–water partition coefficient (Wildman–Crippen LogP) is 0.999. The van der Waals surface area contributed by atoms with Crippen molar-refractivity contribution in [2.45, 2.75) is 6.04 Å². The lowest BCUT2D eigenvalue weighted by molar-refractivity contribution is -0.142. The number of nitrogens with zero attached hydrogens (tertiary/aromatic N) is 3. The largest absolute Gasteiger partial charge is 0.468 e. The van der Waals surface area contributed by atoms with Crippen LogP contribution < -0.4 is 0 Å². The molecule has 0 unspecified atom stereocenters. The fourth-order valence-corrected chi connectivity index (χ4v) is 1.96. The number of benzene rings is 1. The zero-order valence-electron chi connectivity index (χ0n) is 10.9. The minimum atomic E-state index is -0.289. The first-order chi connectivity index (χ1) is 9.22. The number of hydrogen-bond acceptors (Lipinski definition) is 5. The van der Waals surface area contributed by atoms with E-state index >= 15 is 0 Å². The highest BCUT2D eigenvalue weighted by Gasteiger charge is 2.23. The van der Waals surface area contributed by atoms with Gasteiger partial charge in [-0.25, -0.2) is 4.98 Å². The van der Waals surface area contributed by atoms with Crippen molar-refractivity contribution >= 4 is 5.97 Å². The fourth-order valence-electron chi connectivity index (χ4n) is 1.96. The molecule has 1 N–H and O–H groups in total. The number of aromatic nitrogens is 3. The first kappa shape index (κ1) is 13.2. The van der Waals surface area contributed by atoms with Crippen LogP contribution in [0.4, 0.5) is 0 Å². The third-order valence-corrected chi connectivity index (χ3v) is 2.85. The number of esters is 1. The summed E-state index contributed by atoms with van der Waals surface area (Å²) >= 11 is 0. The van der Waals surface area contributed by atoms with Gasteiger partial charge in [0.15, 0.2) is 0 Å². The van der Waals surface area contributed by atoms with Crippen molar-refractivity contribution < 1.29 is 9.53 Å². The van der Waals surface area contributed by atoms with Gasteiger partial charge >= 0.3 is 5.97 Å². The summed E-state index contributed by atoms with van der Waals surface area (Å²) in [5.74, 6) is 0.403. The van der Waals surface area contributed by atoms with Crippen molar-refractivity contribution in [1.29, 1.82) is 0 Å². The van der Waals surface area contributed by atoms with E-state index in [1.165, 1.54) is 13.4 Å². The average Bonchev–Trinajstić information content (AvgIpc) is 2.94. The smallest absolute Gasteiger partial charge is 0.319 e. The maximum Gasteiger partial charge on any atom is 0.319 e. The summed E-state index contributed by atoms with van der Waals surface area (Å²) in [6.07, 6.45) is 1.46. The summed E-state index contributed by atoms with van der Waals surface area (Å²) in [5, 5.41) is 6.72. The third-order valence-electron chi connectivity index (χ3n) is 2.85. The van der Waals surface area contributed by atoms with Crippen LogP contribution in [0.5, 0.6) is 0 Å². The Morgan fingerprint density at radius 1 is 1.42 bits per heavy atom. The van der Waals surface area contributed by atoms with E-state index in [0.717, 1.165) is 5.56 Å².